The van der Waals surface area contributed by atoms with Gasteiger partial charge in [0, 0.05) is 16.3 Å². The molecule has 15 rings (SSSR count). The predicted octanol–water partition coefficient (Wildman–Crippen LogP) is 18.3. The third kappa shape index (κ3) is 5.98. The van der Waals surface area contributed by atoms with E-state index in [1.54, 1.807) is 0 Å². The summed E-state index contributed by atoms with van der Waals surface area (Å²) in [5, 5.41) is 7.12. The minimum absolute atomic E-state index is 0.691. The lowest BCUT2D eigenvalue weighted by molar-refractivity contribution is 0.580. The third-order valence-corrected chi connectivity index (χ3v) is 16.2. The van der Waals surface area contributed by atoms with Crippen LogP contribution in [0.25, 0.3) is 65.7 Å². The van der Waals surface area contributed by atoms with E-state index in [1.807, 2.05) is 0 Å². The van der Waals surface area contributed by atoms with Crippen LogP contribution in [-0.4, -0.2) is 0 Å². The molecule has 1 aromatic heterocycles. The van der Waals surface area contributed by atoms with Crippen LogP contribution in [0.1, 0.15) is 44.5 Å². The summed E-state index contributed by atoms with van der Waals surface area (Å²) in [7, 11) is 0. The molecule has 2 aliphatic rings. The van der Waals surface area contributed by atoms with Gasteiger partial charge in [-0.25, -0.2) is 0 Å². The van der Waals surface area contributed by atoms with E-state index in [0.717, 1.165) is 39.0 Å². The van der Waals surface area contributed by atoms with Gasteiger partial charge in [0.15, 0.2) is 0 Å². The molecule has 0 saturated heterocycles. The highest BCUT2D eigenvalue weighted by atomic mass is 16.3. The largest absolute Gasteiger partial charge is 0.456 e. The van der Waals surface area contributed by atoms with Gasteiger partial charge >= 0.3 is 0 Å². The van der Waals surface area contributed by atoms with Crippen LogP contribution in [0, 0.1) is 0 Å². The molecule has 3 heterocycles. The number of para-hydroxylation sites is 1. The Bertz CT molecular complexity index is 4240. The molecule has 12 aromatic carbocycles. The van der Waals surface area contributed by atoms with Gasteiger partial charge in [-0.1, -0.05) is 237 Å². The predicted molar refractivity (Wildman–Crippen MR) is 303 cm³/mol. The maximum absolute atomic E-state index is 7.48. The van der Waals surface area contributed by atoms with Crippen LogP contribution < -0.4 is 4.90 Å². The maximum atomic E-state index is 7.48. The SMILES string of the molecule is c1ccc(CC2(c3ccccc3)c3cc(-c4cccc5ccccc45)ccc3N3c4ccc(-c5cccc6ccccc56)cc4C(c4ccccc4)(c4ccccc4)c4cc5c(oc6ccccc65)c2c43)cc1. The van der Waals surface area contributed by atoms with Crippen molar-refractivity contribution in [3.05, 3.63) is 317 Å². The Balaban J connectivity index is 1.17. The fourth-order valence-corrected chi connectivity index (χ4v) is 13.2. The molecule has 0 radical (unpaired) electrons. The van der Waals surface area contributed by atoms with Crippen LogP contribution in [-0.2, 0) is 17.3 Å². The van der Waals surface area contributed by atoms with E-state index >= 15 is 0 Å². The van der Waals surface area contributed by atoms with Crippen LogP contribution in [0.5, 0.6) is 0 Å². The van der Waals surface area contributed by atoms with Crippen LogP contribution >= 0.6 is 0 Å². The molecule has 0 amide bonds. The van der Waals surface area contributed by atoms with Gasteiger partial charge in [0.05, 0.1) is 27.9 Å². The summed E-state index contributed by atoms with van der Waals surface area (Å²) in [4.78, 5) is 2.62. The smallest absolute Gasteiger partial charge is 0.142 e. The molecule has 1 atom stereocenters. The van der Waals surface area contributed by atoms with E-state index in [0.29, 0.717) is 6.42 Å². The molecule has 13 aromatic rings. The number of anilines is 3. The Kier molecular flexibility index (Phi) is 9.19. The van der Waals surface area contributed by atoms with Gasteiger partial charge < -0.3 is 9.32 Å². The first-order valence-corrected chi connectivity index (χ1v) is 25.5. The van der Waals surface area contributed by atoms with Crippen LogP contribution in [0.2, 0.25) is 0 Å². The van der Waals surface area contributed by atoms with E-state index in [-0.39, 0.29) is 0 Å². The molecule has 2 heteroatoms. The van der Waals surface area contributed by atoms with Gasteiger partial charge in [0.2, 0.25) is 0 Å². The van der Waals surface area contributed by atoms with E-state index < -0.39 is 10.8 Å². The first-order valence-electron chi connectivity index (χ1n) is 25.5. The summed E-state index contributed by atoms with van der Waals surface area (Å²) >= 11 is 0. The number of furan rings is 1. The second-order valence-electron chi connectivity index (χ2n) is 19.9. The molecule has 2 aliphatic heterocycles. The lowest BCUT2D eigenvalue weighted by Gasteiger charge is -2.53. The van der Waals surface area contributed by atoms with E-state index in [1.165, 1.54) is 88.3 Å². The Morgan fingerprint density at radius 3 is 1.44 bits per heavy atom. The van der Waals surface area contributed by atoms with E-state index in [2.05, 4.69) is 278 Å². The van der Waals surface area contributed by atoms with Crippen molar-refractivity contribution in [3.8, 4) is 22.3 Å². The molecule has 0 saturated carbocycles. The van der Waals surface area contributed by atoms with E-state index in [4.69, 9.17) is 4.42 Å². The third-order valence-electron chi connectivity index (χ3n) is 16.2. The maximum Gasteiger partial charge on any atom is 0.142 e. The van der Waals surface area contributed by atoms with Crippen molar-refractivity contribution in [2.24, 2.45) is 0 Å². The molecule has 342 valence electrons. The van der Waals surface area contributed by atoms with Gasteiger partial charge in [-0.3, -0.25) is 0 Å². The number of fused-ring (bicyclic) bond motifs is 10. The molecule has 2 nitrogen and oxygen atoms in total. The van der Waals surface area contributed by atoms with Crippen molar-refractivity contribution in [1.82, 2.24) is 0 Å². The zero-order chi connectivity index (χ0) is 48.1. The quantitative estimate of drug-likeness (QED) is 0.158. The highest BCUT2D eigenvalue weighted by molar-refractivity contribution is 6.13. The number of benzene rings is 12. The molecular formula is C71H47NO. The van der Waals surface area contributed by atoms with Gasteiger partial charge in [-0.2, -0.15) is 0 Å². The van der Waals surface area contributed by atoms with E-state index in [9.17, 15) is 0 Å². The summed E-state index contributed by atoms with van der Waals surface area (Å²) in [6.45, 7) is 0. The topological polar surface area (TPSA) is 16.4 Å². The summed E-state index contributed by atoms with van der Waals surface area (Å²) in [5.41, 5.74) is 18.2. The van der Waals surface area contributed by atoms with Gasteiger partial charge in [0.25, 0.3) is 0 Å². The second kappa shape index (κ2) is 16.1. The fourth-order valence-electron chi connectivity index (χ4n) is 13.2. The minimum Gasteiger partial charge on any atom is -0.456 e. The average molecular weight is 930 g/mol. The van der Waals surface area contributed by atoms with Gasteiger partial charge in [-0.05, 0) is 126 Å². The second-order valence-corrected chi connectivity index (χ2v) is 19.9. The molecule has 0 spiro atoms. The molecule has 1 unspecified atom stereocenters. The highest BCUT2D eigenvalue weighted by Crippen LogP contribution is 2.67. The van der Waals surface area contributed by atoms with Crippen molar-refractivity contribution in [2.45, 2.75) is 17.3 Å². The standard InChI is InChI=1S/C71H47NO/c1-5-21-47(22-6-1)46-70(52-27-7-2-8-28-52)61-43-50(57-36-19-25-48-23-13-15-33-55(48)57)39-41-64(61)72-65-42-40-51(58-37-20-26-49-24-14-16-34-56(49)58)44-62(65)71(53-29-9-3-10-30-53,54-31-11-4-12-32-54)63-45-60-59-35-17-18-38-66(59)73-69(60)67(70)68(63)72/h1-45H,46H2. The highest BCUT2D eigenvalue weighted by Gasteiger charge is 2.55. The lowest BCUT2D eigenvalue weighted by atomic mass is 9.57. The number of nitrogens with zero attached hydrogens (tertiary/aromatic N) is 1. The zero-order valence-electron chi connectivity index (χ0n) is 40.0. The first-order chi connectivity index (χ1) is 36.2. The molecule has 0 bridgehead atoms. The van der Waals surface area contributed by atoms with Crippen LogP contribution in [0.4, 0.5) is 17.1 Å². The summed E-state index contributed by atoms with van der Waals surface area (Å²) in [5.74, 6) is 0. The van der Waals surface area contributed by atoms with Crippen molar-refractivity contribution in [2.75, 3.05) is 4.90 Å². The normalized spacial score (nSPS) is 15.3. The first kappa shape index (κ1) is 41.5. The Morgan fingerprint density at radius 1 is 0.356 bits per heavy atom. The monoisotopic (exact) mass is 929 g/mol. The average Bonchev–Trinajstić information content (AvgIpc) is 3.84. The van der Waals surface area contributed by atoms with Crippen molar-refractivity contribution >= 4 is 60.5 Å². The lowest BCUT2D eigenvalue weighted by Crippen LogP contribution is -2.44. The summed E-state index contributed by atoms with van der Waals surface area (Å²) < 4.78 is 7.48. The van der Waals surface area contributed by atoms with Crippen LogP contribution in [0.15, 0.2) is 277 Å². The summed E-state index contributed by atoms with van der Waals surface area (Å²) in [6, 6.07) is 102. The molecule has 0 fully saturated rings. The Labute approximate surface area is 424 Å². The number of hydrogen-bond acceptors (Lipinski definition) is 2. The minimum atomic E-state index is -0.791. The summed E-state index contributed by atoms with van der Waals surface area (Å²) in [6.07, 6.45) is 0.691. The Hall–Kier alpha value is -9.24. The molecular weight excluding hydrogens is 883 g/mol. The zero-order valence-corrected chi connectivity index (χ0v) is 40.0. The van der Waals surface area contributed by atoms with Crippen molar-refractivity contribution in [1.29, 1.82) is 0 Å². The Morgan fingerprint density at radius 2 is 0.836 bits per heavy atom. The van der Waals surface area contributed by atoms with Gasteiger partial charge in [-0.15, -0.1) is 0 Å². The molecule has 0 N–H and O–H groups in total. The fraction of sp³-hybridized carbons (Fsp3) is 0.0423. The van der Waals surface area contributed by atoms with Crippen molar-refractivity contribution < 1.29 is 4.42 Å². The van der Waals surface area contributed by atoms with Crippen molar-refractivity contribution in [3.63, 3.8) is 0 Å². The molecule has 0 aliphatic carbocycles. The van der Waals surface area contributed by atoms with Gasteiger partial charge in [0.1, 0.15) is 11.2 Å². The van der Waals surface area contributed by atoms with Crippen LogP contribution in [0.3, 0.4) is 0 Å². The number of hydrogen-bond donors (Lipinski definition) is 0. The molecule has 73 heavy (non-hydrogen) atoms. The number of rotatable bonds is 7.